The molecule has 2 N–H and O–H groups in total. The quantitative estimate of drug-likeness (QED) is 0.587. The second kappa shape index (κ2) is 5.62. The van der Waals surface area contributed by atoms with Crippen molar-refractivity contribution in [2.45, 2.75) is 18.2 Å². The van der Waals surface area contributed by atoms with E-state index in [1.807, 2.05) is 19.1 Å². The Balaban J connectivity index is 2.70. The smallest absolute Gasteiger partial charge is 0.247 e. The number of aromatic amines is 1. The highest BCUT2D eigenvalue weighted by atomic mass is 32.2. The summed E-state index contributed by atoms with van der Waals surface area (Å²) in [5, 5.41) is 0. The van der Waals surface area contributed by atoms with Gasteiger partial charge in [0.2, 0.25) is 15.6 Å². The van der Waals surface area contributed by atoms with Crippen molar-refractivity contribution in [2.24, 2.45) is 0 Å². The maximum Gasteiger partial charge on any atom is 0.247 e. The van der Waals surface area contributed by atoms with Gasteiger partial charge in [-0.05, 0) is 19.4 Å². The molecule has 5 nitrogen and oxygen atoms in total. The van der Waals surface area contributed by atoms with E-state index in [0.717, 1.165) is 0 Å². The number of rotatable bonds is 5. The van der Waals surface area contributed by atoms with E-state index in [9.17, 15) is 13.2 Å². The Morgan fingerprint density at radius 2 is 2.19 bits per heavy atom. The summed E-state index contributed by atoms with van der Waals surface area (Å²) in [4.78, 5) is 13.1. The van der Waals surface area contributed by atoms with Crippen molar-refractivity contribution < 1.29 is 8.42 Å². The monoisotopic (exact) mass is 242 g/mol. The second-order valence-corrected chi connectivity index (χ2v) is 4.91. The molecule has 0 amide bonds. The maximum absolute atomic E-state index is 11.6. The molecule has 0 aliphatic rings. The topological polar surface area (TPSA) is 79.0 Å². The Kier molecular flexibility index (Phi) is 4.45. The molecule has 88 valence electrons. The van der Waals surface area contributed by atoms with E-state index in [2.05, 4.69) is 9.71 Å². The van der Waals surface area contributed by atoms with Crippen molar-refractivity contribution in [2.75, 3.05) is 6.54 Å². The van der Waals surface area contributed by atoms with E-state index in [1.165, 1.54) is 18.3 Å². The van der Waals surface area contributed by atoms with Gasteiger partial charge in [-0.1, -0.05) is 12.2 Å². The summed E-state index contributed by atoms with van der Waals surface area (Å²) >= 11 is 0. The van der Waals surface area contributed by atoms with Crippen LogP contribution in [0.15, 0.2) is 40.2 Å². The van der Waals surface area contributed by atoms with Crippen molar-refractivity contribution in [3.05, 3.63) is 40.8 Å². The molecule has 0 saturated heterocycles. The fraction of sp³-hybridized carbons (Fsp3) is 0.300. The standard InChI is InChI=1S/C10H14N2O3S/c1-2-3-4-7-12-16(14,15)9-5-6-10(13)11-8-9/h2-3,5-6,8,12H,4,7H2,1H3,(H,11,13)/b3-2+. The van der Waals surface area contributed by atoms with Crippen LogP contribution in [0.25, 0.3) is 0 Å². The van der Waals surface area contributed by atoms with Gasteiger partial charge in [0.05, 0.1) is 4.90 Å². The summed E-state index contributed by atoms with van der Waals surface area (Å²) in [5.74, 6) is 0. The molecule has 0 radical (unpaired) electrons. The largest absolute Gasteiger partial charge is 0.328 e. The van der Waals surface area contributed by atoms with Gasteiger partial charge in [0.15, 0.2) is 0 Å². The van der Waals surface area contributed by atoms with Gasteiger partial charge >= 0.3 is 0 Å². The van der Waals surface area contributed by atoms with Crippen molar-refractivity contribution in [1.82, 2.24) is 9.71 Å². The number of hydrogen-bond donors (Lipinski definition) is 2. The van der Waals surface area contributed by atoms with Gasteiger partial charge < -0.3 is 4.98 Å². The van der Waals surface area contributed by atoms with E-state index in [-0.39, 0.29) is 10.5 Å². The third kappa shape index (κ3) is 3.63. The number of sulfonamides is 1. The van der Waals surface area contributed by atoms with Crippen molar-refractivity contribution >= 4 is 10.0 Å². The van der Waals surface area contributed by atoms with Gasteiger partial charge in [0.25, 0.3) is 0 Å². The zero-order valence-electron chi connectivity index (χ0n) is 8.93. The minimum Gasteiger partial charge on any atom is -0.328 e. The summed E-state index contributed by atoms with van der Waals surface area (Å²) in [5.41, 5.74) is -0.326. The highest BCUT2D eigenvalue weighted by molar-refractivity contribution is 7.89. The molecular formula is C10H14N2O3S. The Morgan fingerprint density at radius 3 is 2.75 bits per heavy atom. The molecule has 1 aromatic rings. The lowest BCUT2D eigenvalue weighted by atomic mass is 10.4. The van der Waals surface area contributed by atoms with Crippen LogP contribution < -0.4 is 10.3 Å². The van der Waals surface area contributed by atoms with Crippen LogP contribution in [-0.4, -0.2) is 19.9 Å². The third-order valence-electron chi connectivity index (χ3n) is 1.90. The molecule has 0 aromatic carbocycles. The zero-order valence-corrected chi connectivity index (χ0v) is 9.75. The second-order valence-electron chi connectivity index (χ2n) is 3.14. The first-order valence-electron chi connectivity index (χ1n) is 4.86. The molecule has 0 aliphatic heterocycles. The predicted molar refractivity (Wildman–Crippen MR) is 61.7 cm³/mol. The van der Waals surface area contributed by atoms with Crippen LogP contribution in [0.3, 0.4) is 0 Å². The van der Waals surface area contributed by atoms with Crippen LogP contribution in [-0.2, 0) is 10.0 Å². The van der Waals surface area contributed by atoms with Gasteiger partial charge in [0, 0.05) is 18.8 Å². The fourth-order valence-electron chi connectivity index (χ4n) is 1.09. The van der Waals surface area contributed by atoms with Crippen molar-refractivity contribution in [1.29, 1.82) is 0 Å². The average Bonchev–Trinajstić information content (AvgIpc) is 2.25. The molecule has 0 spiro atoms. The molecule has 6 heteroatoms. The van der Waals surface area contributed by atoms with Crippen LogP contribution in [0.2, 0.25) is 0 Å². The zero-order chi connectivity index (χ0) is 12.0. The van der Waals surface area contributed by atoms with E-state index < -0.39 is 10.0 Å². The number of nitrogens with one attached hydrogen (secondary N) is 2. The molecule has 0 aliphatic carbocycles. The first-order valence-corrected chi connectivity index (χ1v) is 6.34. The molecule has 0 atom stereocenters. The predicted octanol–water partition coefficient (Wildman–Crippen LogP) is 0.619. The Morgan fingerprint density at radius 1 is 1.44 bits per heavy atom. The molecule has 0 unspecified atom stereocenters. The molecule has 0 bridgehead atoms. The highest BCUT2D eigenvalue weighted by Crippen LogP contribution is 2.03. The van der Waals surface area contributed by atoms with Gasteiger partial charge in [-0.2, -0.15) is 0 Å². The Labute approximate surface area is 94.3 Å². The lowest BCUT2D eigenvalue weighted by Crippen LogP contribution is -2.25. The van der Waals surface area contributed by atoms with Gasteiger partial charge in [-0.15, -0.1) is 0 Å². The van der Waals surface area contributed by atoms with Crippen molar-refractivity contribution in [3.63, 3.8) is 0 Å². The van der Waals surface area contributed by atoms with E-state index in [0.29, 0.717) is 13.0 Å². The third-order valence-corrected chi connectivity index (χ3v) is 3.36. The normalized spacial score (nSPS) is 12.1. The number of hydrogen-bond acceptors (Lipinski definition) is 3. The Bertz CT molecular complexity index is 497. The van der Waals surface area contributed by atoms with Crippen LogP contribution >= 0.6 is 0 Å². The van der Waals surface area contributed by atoms with Gasteiger partial charge in [0.1, 0.15) is 0 Å². The average molecular weight is 242 g/mol. The van der Waals surface area contributed by atoms with Gasteiger partial charge in [-0.25, -0.2) is 13.1 Å². The van der Waals surface area contributed by atoms with Crippen molar-refractivity contribution in [3.8, 4) is 0 Å². The maximum atomic E-state index is 11.6. The number of allylic oxidation sites excluding steroid dienone is 1. The van der Waals surface area contributed by atoms with Gasteiger partial charge in [-0.3, -0.25) is 4.79 Å². The SMILES string of the molecule is C/C=C/CCNS(=O)(=O)c1ccc(=O)[nH]c1. The number of pyridine rings is 1. The molecular weight excluding hydrogens is 228 g/mol. The highest BCUT2D eigenvalue weighted by Gasteiger charge is 2.12. The number of H-pyrrole nitrogens is 1. The minimum atomic E-state index is -3.51. The Hall–Kier alpha value is -1.40. The summed E-state index contributed by atoms with van der Waals surface area (Å²) in [6, 6.07) is 2.46. The first-order chi connectivity index (χ1) is 7.56. The molecule has 0 saturated carbocycles. The van der Waals surface area contributed by atoms with Crippen LogP contribution in [0.4, 0.5) is 0 Å². The first kappa shape index (κ1) is 12.7. The molecule has 1 rings (SSSR count). The minimum absolute atomic E-state index is 0.0626. The van der Waals surface area contributed by atoms with E-state index in [4.69, 9.17) is 0 Å². The fourth-order valence-corrected chi connectivity index (χ4v) is 2.10. The molecule has 1 heterocycles. The summed E-state index contributed by atoms with van der Waals surface area (Å²) in [6.07, 6.45) is 5.54. The van der Waals surface area contributed by atoms with Crippen LogP contribution in [0.1, 0.15) is 13.3 Å². The van der Waals surface area contributed by atoms with E-state index in [1.54, 1.807) is 0 Å². The lowest BCUT2D eigenvalue weighted by molar-refractivity contribution is 0.581. The summed E-state index contributed by atoms with van der Waals surface area (Å²) in [6.45, 7) is 2.21. The van der Waals surface area contributed by atoms with Crippen LogP contribution in [0.5, 0.6) is 0 Å². The number of aromatic nitrogens is 1. The molecule has 1 aromatic heterocycles. The molecule has 0 fully saturated rings. The van der Waals surface area contributed by atoms with E-state index >= 15 is 0 Å². The molecule has 16 heavy (non-hydrogen) atoms. The van der Waals surface area contributed by atoms with Crippen LogP contribution in [0, 0.1) is 0 Å². The lowest BCUT2D eigenvalue weighted by Gasteiger charge is -2.04. The summed E-state index contributed by atoms with van der Waals surface area (Å²) in [7, 11) is -3.51. The summed E-state index contributed by atoms with van der Waals surface area (Å²) < 4.78 is 25.7.